The fourth-order valence-corrected chi connectivity index (χ4v) is 6.50. The zero-order valence-corrected chi connectivity index (χ0v) is 25.3. The van der Waals surface area contributed by atoms with Gasteiger partial charge in [0.25, 0.3) is 5.28 Å². The summed E-state index contributed by atoms with van der Waals surface area (Å²) >= 11 is 0. The third kappa shape index (κ3) is 16.5. The number of quaternary nitrogens is 1. The predicted octanol–water partition coefficient (Wildman–Crippen LogP) is 7.96. The van der Waals surface area contributed by atoms with Gasteiger partial charge >= 0.3 is 8.03 Å². The van der Waals surface area contributed by atoms with Crippen LogP contribution in [-0.4, -0.2) is 46.9 Å². The van der Waals surface area contributed by atoms with Crippen LogP contribution in [0.4, 0.5) is 0 Å². The van der Waals surface area contributed by atoms with E-state index in [1.807, 2.05) is 21.0 Å². The first kappa shape index (κ1) is 35.7. The Bertz CT molecular complexity index is 553. The lowest BCUT2D eigenvalue weighted by molar-refractivity contribution is -0.929. The van der Waals surface area contributed by atoms with Gasteiger partial charge in [0.05, 0.1) is 20.6 Å². The molecule has 0 bridgehead atoms. The Morgan fingerprint density at radius 2 is 1.17 bits per heavy atom. The molecule has 2 N–H and O–H groups in total. The van der Waals surface area contributed by atoms with Crippen LogP contribution in [0.3, 0.4) is 0 Å². The van der Waals surface area contributed by atoms with Crippen LogP contribution in [-0.2, 0) is 4.57 Å². The normalized spacial score (nSPS) is 14.6. The molecule has 5 nitrogen and oxygen atoms in total. The first-order chi connectivity index (χ1) is 17.2. The van der Waals surface area contributed by atoms with E-state index in [1.165, 1.54) is 103 Å². The zero-order chi connectivity index (χ0) is 27.1. The number of hydrogen-bond acceptors (Lipinski definition) is 4. The van der Waals surface area contributed by atoms with E-state index in [4.69, 9.17) is 0 Å². The van der Waals surface area contributed by atoms with Gasteiger partial charge in [-0.2, -0.15) is 0 Å². The predicted molar refractivity (Wildman–Crippen MR) is 153 cm³/mol. The molecule has 2 unspecified atom stereocenters. The molecule has 0 aliphatic rings. The van der Waals surface area contributed by atoms with Crippen molar-refractivity contribution in [3.8, 4) is 0 Å². The van der Waals surface area contributed by atoms with E-state index in [-0.39, 0.29) is 10.9 Å². The van der Waals surface area contributed by atoms with Crippen LogP contribution in [0, 0.1) is 0 Å². The summed E-state index contributed by atoms with van der Waals surface area (Å²) in [6, 6.07) is 0. The summed E-state index contributed by atoms with van der Waals surface area (Å²) in [5, 5.41) is 17.6. The van der Waals surface area contributed by atoms with Crippen molar-refractivity contribution >= 4 is 8.03 Å². The smallest absolute Gasteiger partial charge is 0.376 e. The minimum Gasteiger partial charge on any atom is -0.590 e. The minimum atomic E-state index is -2.61. The molecule has 0 heterocycles. The Morgan fingerprint density at radius 1 is 0.750 bits per heavy atom. The number of nitrogens with zero attached hydrogens (tertiary/aromatic N) is 1. The third-order valence-electron chi connectivity index (χ3n) is 8.07. The molecule has 0 aromatic heterocycles. The van der Waals surface area contributed by atoms with E-state index >= 15 is 0 Å². The molecule has 0 fully saturated rings. The van der Waals surface area contributed by atoms with Gasteiger partial charge in [-0.1, -0.05) is 114 Å². The van der Waals surface area contributed by atoms with Crippen LogP contribution in [0.25, 0.3) is 0 Å². The summed E-state index contributed by atoms with van der Waals surface area (Å²) in [5.41, 5.74) is 0. The highest BCUT2D eigenvalue weighted by molar-refractivity contribution is 7.38. The van der Waals surface area contributed by atoms with Crippen molar-refractivity contribution in [3.05, 3.63) is 12.2 Å². The highest BCUT2D eigenvalue weighted by atomic mass is 31.1. The molecule has 214 valence electrons. The van der Waals surface area contributed by atoms with Gasteiger partial charge in [0.2, 0.25) is 0 Å². The summed E-state index contributed by atoms with van der Waals surface area (Å²) in [7, 11) is 1.20. The number of allylic oxidation sites excluding steroid dienone is 2. The lowest BCUT2D eigenvalue weighted by Gasteiger charge is -2.42. The molecule has 0 radical (unpaired) electrons. The maximum Gasteiger partial charge on any atom is 0.376 e. The second-order valence-electron chi connectivity index (χ2n) is 11.4. The molecular formula is C30H61NO4P+. The molecule has 0 saturated carbocycles. The lowest BCUT2D eigenvalue weighted by atomic mass is 9.99. The van der Waals surface area contributed by atoms with Crippen LogP contribution in [0.15, 0.2) is 12.2 Å². The van der Waals surface area contributed by atoms with E-state index in [2.05, 4.69) is 19.1 Å². The van der Waals surface area contributed by atoms with Gasteiger partial charge in [0.15, 0.2) is 6.29 Å². The molecule has 0 saturated heterocycles. The molecule has 0 aliphatic heterocycles. The van der Waals surface area contributed by atoms with Gasteiger partial charge in [-0.15, -0.1) is 0 Å². The maximum absolute atomic E-state index is 12.3. The Hall–Kier alpha value is -0.320. The van der Waals surface area contributed by atoms with Crippen molar-refractivity contribution in [2.24, 2.45) is 0 Å². The van der Waals surface area contributed by atoms with E-state index < -0.39 is 19.6 Å². The van der Waals surface area contributed by atoms with Gasteiger partial charge in [-0.3, -0.25) is 4.48 Å². The quantitative estimate of drug-likeness (QED) is 0.0391. The average Bonchev–Trinajstić information content (AvgIpc) is 2.83. The molecule has 6 heteroatoms. The highest BCUT2D eigenvalue weighted by Gasteiger charge is 2.54. The second kappa shape index (κ2) is 22.6. The fourth-order valence-electron chi connectivity index (χ4n) is 5.36. The largest absolute Gasteiger partial charge is 0.590 e. The van der Waals surface area contributed by atoms with Gasteiger partial charge in [0.1, 0.15) is 0 Å². The van der Waals surface area contributed by atoms with Crippen LogP contribution >= 0.6 is 8.03 Å². The SMILES string of the molecule is CCCCCCCCC=CCCCCCCCCCCCCC(CC)([P+](=O)[O-])[N+](C)(C)CCC(O)O. The first-order valence-electron chi connectivity index (χ1n) is 15.2. The summed E-state index contributed by atoms with van der Waals surface area (Å²) in [5.74, 6) is 0. The minimum absolute atomic E-state index is 0.188. The van der Waals surface area contributed by atoms with Crippen LogP contribution in [0.2, 0.25) is 0 Å². The fraction of sp³-hybridized carbons (Fsp3) is 0.933. The van der Waals surface area contributed by atoms with Gasteiger partial charge in [-0.25, -0.2) is 0 Å². The lowest BCUT2D eigenvalue weighted by Crippen LogP contribution is -2.59. The second-order valence-corrected chi connectivity index (χ2v) is 12.7. The summed E-state index contributed by atoms with van der Waals surface area (Å²) in [6.45, 7) is 4.64. The van der Waals surface area contributed by atoms with Gasteiger partial charge < -0.3 is 15.1 Å². The van der Waals surface area contributed by atoms with E-state index in [9.17, 15) is 19.7 Å². The summed E-state index contributed by atoms with van der Waals surface area (Å²) < 4.78 is 12.6. The number of aliphatic hydroxyl groups is 2. The van der Waals surface area contributed by atoms with Gasteiger partial charge in [-0.05, 0) is 32.1 Å². The van der Waals surface area contributed by atoms with E-state index in [0.717, 1.165) is 12.8 Å². The molecule has 2 atom stereocenters. The van der Waals surface area contributed by atoms with Crippen molar-refractivity contribution in [1.82, 2.24) is 0 Å². The topological polar surface area (TPSA) is 80.6 Å². The maximum atomic E-state index is 12.3. The van der Waals surface area contributed by atoms with Crippen LogP contribution < -0.4 is 4.89 Å². The summed E-state index contributed by atoms with van der Waals surface area (Å²) in [4.78, 5) is 12.3. The Balaban J connectivity index is 3.79. The van der Waals surface area contributed by atoms with Crippen LogP contribution in [0.5, 0.6) is 0 Å². The highest BCUT2D eigenvalue weighted by Crippen LogP contribution is 2.46. The van der Waals surface area contributed by atoms with E-state index in [0.29, 0.717) is 19.4 Å². The number of unbranched alkanes of at least 4 members (excludes halogenated alkanes) is 16. The zero-order valence-electron chi connectivity index (χ0n) is 24.4. The Morgan fingerprint density at radius 3 is 1.56 bits per heavy atom. The van der Waals surface area contributed by atoms with E-state index in [1.54, 1.807) is 0 Å². The summed E-state index contributed by atoms with van der Waals surface area (Å²) in [6.07, 6.45) is 27.8. The van der Waals surface area contributed by atoms with Crippen LogP contribution in [0.1, 0.15) is 149 Å². The number of hydrogen-bond donors (Lipinski definition) is 2. The van der Waals surface area contributed by atoms with Crippen molar-refractivity contribution in [3.63, 3.8) is 0 Å². The van der Waals surface area contributed by atoms with Crippen molar-refractivity contribution in [1.29, 1.82) is 0 Å². The molecule has 0 amide bonds. The molecule has 0 spiro atoms. The molecule has 0 rings (SSSR count). The van der Waals surface area contributed by atoms with Crippen molar-refractivity contribution < 1.29 is 24.2 Å². The molecule has 36 heavy (non-hydrogen) atoms. The average molecular weight is 531 g/mol. The van der Waals surface area contributed by atoms with Gasteiger partial charge in [0, 0.05) is 19.3 Å². The van der Waals surface area contributed by atoms with Crippen molar-refractivity contribution in [2.45, 2.75) is 160 Å². The first-order valence-corrected chi connectivity index (χ1v) is 16.4. The Labute approximate surface area is 225 Å². The molecule has 0 aromatic carbocycles. The third-order valence-corrected chi connectivity index (χ3v) is 9.83. The Kier molecular flexibility index (Phi) is 22.4. The molecule has 0 aromatic rings. The number of aliphatic hydroxyl groups excluding tert-OH is 1. The molecular weight excluding hydrogens is 469 g/mol. The standard InChI is InChI=1S/C30H61NO4P/c1-5-7-8-9-10-11-12-13-14-15-16-17-18-19-20-21-22-23-24-25-27-30(6-2,36(34)35)31(3,4)28-26-29(32)33/h13-14,29,32-33H,5-12,15-28H2,1-4H3/q+1. The molecule has 0 aliphatic carbocycles. The van der Waals surface area contributed by atoms with Crippen molar-refractivity contribution in [2.75, 3.05) is 20.6 Å². The monoisotopic (exact) mass is 530 g/mol. The number of rotatable bonds is 26.